The van der Waals surface area contributed by atoms with Crippen LogP contribution in [0.3, 0.4) is 0 Å². The average molecular weight is 156 g/mol. The topological polar surface area (TPSA) is 41.1 Å². The molecule has 1 atom stereocenters. The lowest BCUT2D eigenvalue weighted by atomic mass is 10.00. The first-order valence-corrected chi connectivity index (χ1v) is 4.34. The minimum atomic E-state index is -0.0110. The highest BCUT2D eigenvalue weighted by molar-refractivity contribution is 5.73. The predicted molar refractivity (Wildman–Crippen MR) is 44.4 cm³/mol. The van der Waals surface area contributed by atoms with Crippen molar-refractivity contribution in [3.05, 3.63) is 0 Å². The van der Waals surface area contributed by atoms with Gasteiger partial charge in [-0.1, -0.05) is 13.3 Å². The van der Waals surface area contributed by atoms with Crippen LogP contribution in [0.1, 0.15) is 26.2 Å². The second-order valence-corrected chi connectivity index (χ2v) is 3.05. The fraction of sp³-hybridized carbons (Fsp3) is 0.875. The zero-order valence-electron chi connectivity index (χ0n) is 7.02. The molecular weight excluding hydrogens is 140 g/mol. The van der Waals surface area contributed by atoms with Crippen molar-refractivity contribution in [3.63, 3.8) is 0 Å². The summed E-state index contributed by atoms with van der Waals surface area (Å²) >= 11 is 0. The van der Waals surface area contributed by atoms with Gasteiger partial charge in [-0.15, -0.1) is 0 Å². The van der Waals surface area contributed by atoms with Gasteiger partial charge in [0.1, 0.15) is 0 Å². The number of hydrogen-bond donors (Lipinski definition) is 2. The van der Waals surface area contributed by atoms with Gasteiger partial charge in [0.25, 0.3) is 0 Å². The molecule has 11 heavy (non-hydrogen) atoms. The van der Waals surface area contributed by atoms with E-state index in [-0.39, 0.29) is 6.03 Å². The highest BCUT2D eigenvalue weighted by Gasteiger charge is 2.10. The molecule has 3 nitrogen and oxygen atoms in total. The Kier molecular flexibility index (Phi) is 3.20. The van der Waals surface area contributed by atoms with E-state index < -0.39 is 0 Å². The Bertz CT molecular complexity index is 136. The minimum absolute atomic E-state index is 0.0110. The average Bonchev–Trinajstić information content (AvgIpc) is 1.98. The van der Waals surface area contributed by atoms with Crippen molar-refractivity contribution in [2.24, 2.45) is 5.92 Å². The van der Waals surface area contributed by atoms with Crippen LogP contribution in [0.15, 0.2) is 0 Å². The van der Waals surface area contributed by atoms with Crippen molar-refractivity contribution >= 4 is 6.03 Å². The third-order valence-electron chi connectivity index (χ3n) is 2.20. The van der Waals surface area contributed by atoms with E-state index in [0.29, 0.717) is 5.92 Å². The molecular formula is C8H16N2O. The Labute approximate surface area is 67.5 Å². The molecule has 1 rings (SSSR count). The number of carbonyl (C=O) groups excluding carboxylic acids is 1. The normalized spacial score (nSPS) is 26.3. The van der Waals surface area contributed by atoms with E-state index in [1.165, 1.54) is 12.8 Å². The molecule has 1 saturated heterocycles. The Morgan fingerprint density at radius 2 is 2.36 bits per heavy atom. The number of urea groups is 1. The first kappa shape index (κ1) is 8.37. The van der Waals surface area contributed by atoms with Crippen molar-refractivity contribution in [1.82, 2.24) is 10.6 Å². The van der Waals surface area contributed by atoms with Crippen molar-refractivity contribution in [3.8, 4) is 0 Å². The van der Waals surface area contributed by atoms with Gasteiger partial charge in [0.2, 0.25) is 0 Å². The van der Waals surface area contributed by atoms with Gasteiger partial charge in [-0.2, -0.15) is 0 Å². The highest BCUT2D eigenvalue weighted by Crippen LogP contribution is 2.09. The molecule has 0 aromatic rings. The summed E-state index contributed by atoms with van der Waals surface area (Å²) in [6.45, 7) is 3.83. The van der Waals surface area contributed by atoms with Crippen molar-refractivity contribution in [2.45, 2.75) is 26.2 Å². The van der Waals surface area contributed by atoms with E-state index in [0.717, 1.165) is 19.5 Å². The number of carbonyl (C=O) groups is 1. The van der Waals surface area contributed by atoms with Gasteiger partial charge < -0.3 is 10.6 Å². The van der Waals surface area contributed by atoms with Crippen LogP contribution in [0.2, 0.25) is 0 Å². The molecule has 0 radical (unpaired) electrons. The van der Waals surface area contributed by atoms with Crippen molar-refractivity contribution in [2.75, 3.05) is 13.1 Å². The van der Waals surface area contributed by atoms with E-state index in [9.17, 15) is 4.79 Å². The van der Waals surface area contributed by atoms with E-state index in [1.54, 1.807) is 0 Å². The van der Waals surface area contributed by atoms with Crippen LogP contribution in [0.4, 0.5) is 4.79 Å². The predicted octanol–water partition coefficient (Wildman–Crippen LogP) is 1.11. The number of nitrogens with one attached hydrogen (secondary N) is 2. The lowest BCUT2D eigenvalue weighted by molar-refractivity contribution is 0.234. The van der Waals surface area contributed by atoms with E-state index in [2.05, 4.69) is 17.6 Å². The van der Waals surface area contributed by atoms with E-state index in [4.69, 9.17) is 0 Å². The standard InChI is InChI=1S/C8H16N2O/c1-2-7-4-3-5-9-8(11)10-6-7/h7H,2-6H2,1H3,(H2,9,10,11). The molecule has 2 amide bonds. The molecule has 1 fully saturated rings. The second-order valence-electron chi connectivity index (χ2n) is 3.05. The monoisotopic (exact) mass is 156 g/mol. The van der Waals surface area contributed by atoms with E-state index >= 15 is 0 Å². The maximum absolute atomic E-state index is 10.9. The Hall–Kier alpha value is -0.730. The molecule has 1 unspecified atom stereocenters. The van der Waals surface area contributed by atoms with Gasteiger partial charge in [-0.05, 0) is 18.8 Å². The molecule has 0 bridgehead atoms. The summed E-state index contributed by atoms with van der Waals surface area (Å²) in [6, 6.07) is -0.0110. The maximum Gasteiger partial charge on any atom is 0.314 e. The first-order chi connectivity index (χ1) is 5.33. The minimum Gasteiger partial charge on any atom is -0.338 e. The third kappa shape index (κ3) is 2.78. The molecule has 1 aliphatic rings. The van der Waals surface area contributed by atoms with Crippen LogP contribution in [-0.4, -0.2) is 19.1 Å². The molecule has 1 heterocycles. The molecule has 1 aliphatic heterocycles. The molecule has 0 spiro atoms. The number of hydrogen-bond acceptors (Lipinski definition) is 1. The zero-order chi connectivity index (χ0) is 8.10. The Morgan fingerprint density at radius 3 is 3.09 bits per heavy atom. The third-order valence-corrected chi connectivity index (χ3v) is 2.20. The summed E-state index contributed by atoms with van der Waals surface area (Å²) in [5.74, 6) is 0.682. The van der Waals surface area contributed by atoms with Crippen LogP contribution in [-0.2, 0) is 0 Å². The number of rotatable bonds is 1. The fourth-order valence-corrected chi connectivity index (χ4v) is 1.34. The molecule has 0 aromatic carbocycles. The van der Waals surface area contributed by atoms with Gasteiger partial charge in [-0.3, -0.25) is 0 Å². The van der Waals surface area contributed by atoms with Crippen LogP contribution in [0.5, 0.6) is 0 Å². The first-order valence-electron chi connectivity index (χ1n) is 4.34. The molecule has 64 valence electrons. The zero-order valence-corrected chi connectivity index (χ0v) is 7.02. The lowest BCUT2D eigenvalue weighted by Gasteiger charge is -2.19. The SMILES string of the molecule is CCC1CCCNC(=O)NC1. The second kappa shape index (κ2) is 4.21. The van der Waals surface area contributed by atoms with Gasteiger partial charge in [0.05, 0.1) is 0 Å². The molecule has 0 saturated carbocycles. The fourth-order valence-electron chi connectivity index (χ4n) is 1.34. The van der Waals surface area contributed by atoms with Gasteiger partial charge in [0, 0.05) is 13.1 Å². The molecule has 0 aromatic heterocycles. The van der Waals surface area contributed by atoms with Crippen molar-refractivity contribution in [1.29, 1.82) is 0 Å². The van der Waals surface area contributed by atoms with E-state index in [1.807, 2.05) is 0 Å². The molecule has 2 N–H and O–H groups in total. The quantitative estimate of drug-likeness (QED) is 0.586. The summed E-state index contributed by atoms with van der Waals surface area (Å²) in [6.07, 6.45) is 3.51. The number of amides is 2. The summed E-state index contributed by atoms with van der Waals surface area (Å²) in [5.41, 5.74) is 0. The van der Waals surface area contributed by atoms with Crippen LogP contribution < -0.4 is 10.6 Å². The van der Waals surface area contributed by atoms with Gasteiger partial charge in [0.15, 0.2) is 0 Å². The Morgan fingerprint density at radius 1 is 1.55 bits per heavy atom. The summed E-state index contributed by atoms with van der Waals surface area (Å²) < 4.78 is 0. The maximum atomic E-state index is 10.9. The van der Waals surface area contributed by atoms with Crippen molar-refractivity contribution < 1.29 is 4.79 Å². The highest BCUT2D eigenvalue weighted by atomic mass is 16.2. The lowest BCUT2D eigenvalue weighted by Crippen LogP contribution is -2.40. The summed E-state index contributed by atoms with van der Waals surface area (Å²) in [5, 5.41) is 5.61. The molecule has 3 heteroatoms. The molecule has 0 aliphatic carbocycles. The summed E-state index contributed by atoms with van der Waals surface area (Å²) in [4.78, 5) is 10.9. The Balaban J connectivity index is 2.31. The van der Waals surface area contributed by atoms with Crippen LogP contribution in [0.25, 0.3) is 0 Å². The smallest absolute Gasteiger partial charge is 0.314 e. The summed E-state index contributed by atoms with van der Waals surface area (Å²) in [7, 11) is 0. The van der Waals surface area contributed by atoms with Gasteiger partial charge >= 0.3 is 6.03 Å². The largest absolute Gasteiger partial charge is 0.338 e. The van der Waals surface area contributed by atoms with Gasteiger partial charge in [-0.25, -0.2) is 4.79 Å². The van der Waals surface area contributed by atoms with Crippen LogP contribution >= 0.6 is 0 Å². The van der Waals surface area contributed by atoms with Crippen LogP contribution in [0, 0.1) is 5.92 Å².